The molecule has 0 amide bonds. The first-order valence-corrected chi connectivity index (χ1v) is 7.06. The number of nitrogens with zero attached hydrogens (tertiary/aromatic N) is 2. The number of nitrogens with one attached hydrogen (secondary N) is 1. The maximum atomic E-state index is 11.8. The predicted octanol–water partition coefficient (Wildman–Crippen LogP) is 1.74. The highest BCUT2D eigenvalue weighted by molar-refractivity contribution is 7.89. The SMILES string of the molecule is CNS(=O)(=O)c1ccnn1-c1cc(Cl)ccc1C. The standard InChI is InChI=1S/C11H12ClN3O2S/c1-8-3-4-9(12)7-10(8)15-11(5-6-14-15)18(16,17)13-2/h3-7,13H,1-2H3. The van der Waals surface area contributed by atoms with Crippen molar-refractivity contribution in [1.82, 2.24) is 14.5 Å². The molecule has 2 rings (SSSR count). The summed E-state index contributed by atoms with van der Waals surface area (Å²) in [7, 11) is -2.20. The molecule has 0 atom stereocenters. The highest BCUT2D eigenvalue weighted by Crippen LogP contribution is 2.21. The number of aryl methyl sites for hydroxylation is 1. The number of halogens is 1. The van der Waals surface area contributed by atoms with E-state index in [4.69, 9.17) is 11.6 Å². The molecule has 1 heterocycles. The van der Waals surface area contributed by atoms with E-state index in [1.165, 1.54) is 24.0 Å². The van der Waals surface area contributed by atoms with Crippen LogP contribution in [0.3, 0.4) is 0 Å². The van der Waals surface area contributed by atoms with E-state index < -0.39 is 10.0 Å². The van der Waals surface area contributed by atoms with Crippen molar-refractivity contribution in [3.8, 4) is 5.69 Å². The van der Waals surface area contributed by atoms with E-state index in [-0.39, 0.29) is 5.03 Å². The summed E-state index contributed by atoms with van der Waals surface area (Å²) in [4.78, 5) is 0. The number of rotatable bonds is 3. The third kappa shape index (κ3) is 2.27. The minimum atomic E-state index is -3.56. The van der Waals surface area contributed by atoms with Crippen LogP contribution in [-0.4, -0.2) is 25.2 Å². The summed E-state index contributed by atoms with van der Waals surface area (Å²) in [5.41, 5.74) is 1.52. The molecule has 1 aromatic carbocycles. The molecule has 0 radical (unpaired) electrons. The van der Waals surface area contributed by atoms with Gasteiger partial charge in [0.25, 0.3) is 10.0 Å². The molecule has 0 unspecified atom stereocenters. The molecule has 1 aromatic heterocycles. The van der Waals surface area contributed by atoms with Crippen molar-refractivity contribution in [2.24, 2.45) is 0 Å². The summed E-state index contributed by atoms with van der Waals surface area (Å²) < 4.78 is 27.3. The third-order valence-electron chi connectivity index (χ3n) is 2.55. The fraction of sp³-hybridized carbons (Fsp3) is 0.182. The van der Waals surface area contributed by atoms with Gasteiger partial charge in [-0.05, 0) is 37.7 Å². The first-order valence-electron chi connectivity index (χ1n) is 5.20. The lowest BCUT2D eigenvalue weighted by Crippen LogP contribution is -2.22. The first-order chi connectivity index (χ1) is 8.45. The number of sulfonamides is 1. The van der Waals surface area contributed by atoms with Crippen LogP contribution in [0.15, 0.2) is 35.5 Å². The topological polar surface area (TPSA) is 64.0 Å². The Morgan fingerprint density at radius 2 is 2.06 bits per heavy atom. The molecule has 0 bridgehead atoms. The van der Waals surface area contributed by atoms with Crippen LogP contribution in [0.2, 0.25) is 5.02 Å². The van der Waals surface area contributed by atoms with E-state index in [0.29, 0.717) is 10.7 Å². The highest BCUT2D eigenvalue weighted by Gasteiger charge is 2.19. The molecule has 1 N–H and O–H groups in total. The van der Waals surface area contributed by atoms with E-state index >= 15 is 0 Å². The number of aromatic nitrogens is 2. The summed E-state index contributed by atoms with van der Waals surface area (Å²) in [5.74, 6) is 0. The van der Waals surface area contributed by atoms with Gasteiger partial charge in [0.2, 0.25) is 0 Å². The molecule has 0 fully saturated rings. The van der Waals surface area contributed by atoms with Gasteiger partial charge in [0.15, 0.2) is 5.03 Å². The Kier molecular flexibility index (Phi) is 3.43. The van der Waals surface area contributed by atoms with Crippen molar-refractivity contribution in [2.75, 3.05) is 7.05 Å². The normalized spacial score (nSPS) is 11.7. The molecule has 96 valence electrons. The van der Waals surface area contributed by atoms with Crippen LogP contribution in [0.1, 0.15) is 5.56 Å². The molecule has 0 aliphatic rings. The molecule has 0 spiro atoms. The zero-order valence-electron chi connectivity index (χ0n) is 9.88. The minimum absolute atomic E-state index is 0.0790. The number of hydrogen-bond donors (Lipinski definition) is 1. The zero-order chi connectivity index (χ0) is 13.3. The van der Waals surface area contributed by atoms with E-state index in [2.05, 4.69) is 9.82 Å². The van der Waals surface area contributed by atoms with Gasteiger partial charge in [-0.3, -0.25) is 0 Å². The van der Waals surface area contributed by atoms with Gasteiger partial charge < -0.3 is 0 Å². The van der Waals surface area contributed by atoms with Crippen LogP contribution >= 0.6 is 11.6 Å². The third-order valence-corrected chi connectivity index (χ3v) is 4.18. The van der Waals surface area contributed by atoms with Gasteiger partial charge in [0, 0.05) is 5.02 Å². The molecule has 0 saturated carbocycles. The Bertz CT molecular complexity index is 679. The van der Waals surface area contributed by atoms with Gasteiger partial charge in [0.05, 0.1) is 11.9 Å². The molecule has 7 heteroatoms. The molecular formula is C11H12ClN3O2S. The lowest BCUT2D eigenvalue weighted by atomic mass is 10.2. The number of hydrogen-bond acceptors (Lipinski definition) is 3. The van der Waals surface area contributed by atoms with Gasteiger partial charge >= 0.3 is 0 Å². The van der Waals surface area contributed by atoms with Crippen molar-refractivity contribution in [3.05, 3.63) is 41.0 Å². The van der Waals surface area contributed by atoms with E-state index in [1.54, 1.807) is 12.1 Å². The lowest BCUT2D eigenvalue weighted by molar-refractivity contribution is 0.578. The zero-order valence-corrected chi connectivity index (χ0v) is 11.5. The Morgan fingerprint density at radius 1 is 1.33 bits per heavy atom. The average Bonchev–Trinajstić information content (AvgIpc) is 2.82. The predicted molar refractivity (Wildman–Crippen MR) is 69.6 cm³/mol. The van der Waals surface area contributed by atoms with E-state index in [1.807, 2.05) is 13.0 Å². The molecule has 5 nitrogen and oxygen atoms in total. The fourth-order valence-corrected chi connectivity index (χ4v) is 2.58. The van der Waals surface area contributed by atoms with Gasteiger partial charge in [-0.15, -0.1) is 0 Å². The quantitative estimate of drug-likeness (QED) is 0.934. The van der Waals surface area contributed by atoms with Crippen molar-refractivity contribution >= 4 is 21.6 Å². The van der Waals surface area contributed by atoms with Crippen LogP contribution in [0.4, 0.5) is 0 Å². The largest absolute Gasteiger partial charge is 0.257 e. The molecule has 0 saturated heterocycles. The molecule has 0 aliphatic carbocycles. The Hall–Kier alpha value is -1.37. The molecule has 2 aromatic rings. The van der Waals surface area contributed by atoms with Crippen molar-refractivity contribution in [3.63, 3.8) is 0 Å². The fourth-order valence-electron chi connectivity index (χ4n) is 1.59. The molecule has 0 aliphatic heterocycles. The van der Waals surface area contributed by atoms with Crippen molar-refractivity contribution in [2.45, 2.75) is 11.9 Å². The second-order valence-corrected chi connectivity index (χ2v) is 5.99. The number of benzene rings is 1. The first kappa shape index (κ1) is 13.1. The average molecular weight is 286 g/mol. The summed E-state index contributed by atoms with van der Waals surface area (Å²) in [6.45, 7) is 1.86. The van der Waals surface area contributed by atoms with Gasteiger partial charge in [-0.2, -0.15) is 5.10 Å². The summed E-state index contributed by atoms with van der Waals surface area (Å²) in [5, 5.41) is 4.65. The smallest absolute Gasteiger partial charge is 0.220 e. The molecular weight excluding hydrogens is 274 g/mol. The van der Waals surface area contributed by atoms with E-state index in [0.717, 1.165) is 5.56 Å². The Labute approximate surface area is 110 Å². The minimum Gasteiger partial charge on any atom is -0.220 e. The monoisotopic (exact) mass is 285 g/mol. The van der Waals surface area contributed by atoms with Gasteiger partial charge in [0.1, 0.15) is 0 Å². The lowest BCUT2D eigenvalue weighted by Gasteiger charge is -2.10. The summed E-state index contributed by atoms with van der Waals surface area (Å²) in [6.07, 6.45) is 1.44. The summed E-state index contributed by atoms with van der Waals surface area (Å²) >= 11 is 5.93. The maximum Gasteiger partial charge on any atom is 0.257 e. The van der Waals surface area contributed by atoms with Crippen LogP contribution in [0.5, 0.6) is 0 Å². The van der Waals surface area contributed by atoms with Crippen molar-refractivity contribution < 1.29 is 8.42 Å². The Morgan fingerprint density at radius 3 is 2.72 bits per heavy atom. The van der Waals surface area contributed by atoms with Crippen LogP contribution in [-0.2, 0) is 10.0 Å². The van der Waals surface area contributed by atoms with Crippen molar-refractivity contribution in [1.29, 1.82) is 0 Å². The molecule has 18 heavy (non-hydrogen) atoms. The van der Waals surface area contributed by atoms with E-state index in [9.17, 15) is 8.42 Å². The second-order valence-electron chi connectivity index (χ2n) is 3.72. The second kappa shape index (κ2) is 4.72. The van der Waals surface area contributed by atoms with Crippen LogP contribution in [0.25, 0.3) is 5.69 Å². The van der Waals surface area contributed by atoms with Crippen LogP contribution in [0, 0.1) is 6.92 Å². The maximum absolute atomic E-state index is 11.8. The van der Waals surface area contributed by atoms with Crippen LogP contribution < -0.4 is 4.72 Å². The Balaban J connectivity index is 2.67. The highest BCUT2D eigenvalue weighted by atomic mass is 35.5. The van der Waals surface area contributed by atoms with Gasteiger partial charge in [-0.1, -0.05) is 17.7 Å². The summed E-state index contributed by atoms with van der Waals surface area (Å²) in [6, 6.07) is 6.68. The van der Waals surface area contributed by atoms with Gasteiger partial charge in [-0.25, -0.2) is 17.8 Å².